The Balaban J connectivity index is 2.01. The largest absolute Gasteiger partial charge is 0.394 e. The molecule has 2 rings (SSSR count). The van der Waals surface area contributed by atoms with Crippen LogP contribution in [0.15, 0.2) is 18.3 Å². The maximum Gasteiger partial charge on any atom is 0.0733 e. The van der Waals surface area contributed by atoms with E-state index in [1.807, 2.05) is 18.3 Å². The first-order valence-corrected chi connectivity index (χ1v) is 5.48. The van der Waals surface area contributed by atoms with Gasteiger partial charge in [0.2, 0.25) is 0 Å². The summed E-state index contributed by atoms with van der Waals surface area (Å²) in [6.45, 7) is 4.40. The quantitative estimate of drug-likeness (QED) is 0.752. The molecule has 0 radical (unpaired) electrons. The van der Waals surface area contributed by atoms with Gasteiger partial charge >= 0.3 is 0 Å². The average molecular weight is 209 g/mol. The Bertz CT molecular complexity index is 278. The van der Waals surface area contributed by atoms with Crippen molar-refractivity contribution in [2.75, 3.05) is 39.8 Å². The average Bonchev–Trinajstić information content (AvgIpc) is 2.75. The summed E-state index contributed by atoms with van der Waals surface area (Å²) < 4.78 is 0. The third kappa shape index (κ3) is 2.40. The molecule has 0 aliphatic carbocycles. The van der Waals surface area contributed by atoms with Crippen molar-refractivity contribution in [1.29, 1.82) is 0 Å². The Morgan fingerprint density at radius 3 is 2.67 bits per heavy atom. The summed E-state index contributed by atoms with van der Waals surface area (Å²) in [5.41, 5.74) is 1.11. The summed E-state index contributed by atoms with van der Waals surface area (Å²) in [7, 11) is 2.14. The fourth-order valence-corrected chi connectivity index (χ4v) is 2.10. The topological polar surface area (TPSA) is 42.5 Å². The summed E-state index contributed by atoms with van der Waals surface area (Å²) in [5.74, 6) is 0. The number of likely N-dealkylation sites (N-methyl/N-ethyl adjacent to an activating group) is 1. The predicted octanol–water partition coefficient (Wildman–Crippen LogP) is 0.295. The molecule has 84 valence electrons. The van der Waals surface area contributed by atoms with Crippen molar-refractivity contribution in [3.05, 3.63) is 24.0 Å². The molecular weight excluding hydrogens is 190 g/mol. The zero-order valence-electron chi connectivity index (χ0n) is 9.19. The monoisotopic (exact) mass is 209 g/mol. The number of aliphatic hydroxyl groups is 1. The number of aromatic amines is 1. The van der Waals surface area contributed by atoms with Gasteiger partial charge in [0.1, 0.15) is 0 Å². The molecule has 1 aliphatic heterocycles. The van der Waals surface area contributed by atoms with Crippen LogP contribution in [0.2, 0.25) is 0 Å². The smallest absolute Gasteiger partial charge is 0.0733 e. The van der Waals surface area contributed by atoms with Crippen LogP contribution >= 0.6 is 0 Å². The van der Waals surface area contributed by atoms with E-state index in [-0.39, 0.29) is 12.6 Å². The van der Waals surface area contributed by atoms with Crippen molar-refractivity contribution in [3.8, 4) is 0 Å². The zero-order chi connectivity index (χ0) is 10.7. The van der Waals surface area contributed by atoms with Crippen molar-refractivity contribution >= 4 is 0 Å². The number of hydrogen-bond donors (Lipinski definition) is 2. The molecule has 1 saturated heterocycles. The molecule has 1 aromatic heterocycles. The number of H-pyrrole nitrogens is 1. The van der Waals surface area contributed by atoms with Gasteiger partial charge in [0.15, 0.2) is 0 Å². The van der Waals surface area contributed by atoms with E-state index in [4.69, 9.17) is 0 Å². The number of nitrogens with zero attached hydrogens (tertiary/aromatic N) is 2. The number of hydrogen-bond acceptors (Lipinski definition) is 3. The third-order valence-corrected chi connectivity index (χ3v) is 3.13. The minimum Gasteiger partial charge on any atom is -0.394 e. The lowest BCUT2D eigenvalue weighted by Crippen LogP contribution is -2.46. The van der Waals surface area contributed by atoms with Gasteiger partial charge < -0.3 is 15.0 Å². The fraction of sp³-hybridized carbons (Fsp3) is 0.636. The molecule has 1 unspecified atom stereocenters. The highest BCUT2D eigenvalue weighted by atomic mass is 16.3. The zero-order valence-corrected chi connectivity index (χ0v) is 9.19. The Morgan fingerprint density at radius 2 is 2.13 bits per heavy atom. The number of nitrogens with one attached hydrogen (secondary N) is 1. The summed E-state index contributed by atoms with van der Waals surface area (Å²) in [5, 5.41) is 9.44. The Kier molecular flexibility index (Phi) is 3.41. The lowest BCUT2D eigenvalue weighted by molar-refractivity contribution is 0.0730. The van der Waals surface area contributed by atoms with Gasteiger partial charge in [-0.25, -0.2) is 0 Å². The lowest BCUT2D eigenvalue weighted by Gasteiger charge is -2.36. The van der Waals surface area contributed by atoms with E-state index in [0.29, 0.717) is 0 Å². The van der Waals surface area contributed by atoms with Crippen LogP contribution in [0.25, 0.3) is 0 Å². The second-order valence-electron chi connectivity index (χ2n) is 4.16. The number of aromatic nitrogens is 1. The van der Waals surface area contributed by atoms with E-state index in [2.05, 4.69) is 21.8 Å². The van der Waals surface area contributed by atoms with Crippen LogP contribution in [-0.2, 0) is 0 Å². The Hall–Kier alpha value is -0.840. The van der Waals surface area contributed by atoms with E-state index in [1.54, 1.807) is 0 Å². The molecule has 0 aromatic carbocycles. The normalized spacial score (nSPS) is 21.7. The molecule has 2 N–H and O–H groups in total. The van der Waals surface area contributed by atoms with Gasteiger partial charge in [0, 0.05) is 38.1 Å². The lowest BCUT2D eigenvalue weighted by atomic mass is 10.1. The number of piperazine rings is 1. The van der Waals surface area contributed by atoms with Gasteiger partial charge in [0.05, 0.1) is 12.6 Å². The maximum atomic E-state index is 9.44. The van der Waals surface area contributed by atoms with Crippen LogP contribution in [0.5, 0.6) is 0 Å². The van der Waals surface area contributed by atoms with Crippen LogP contribution in [0.3, 0.4) is 0 Å². The Labute approximate surface area is 90.5 Å². The molecule has 0 spiro atoms. The summed E-state index contributed by atoms with van der Waals surface area (Å²) in [4.78, 5) is 7.84. The molecule has 1 aliphatic rings. The van der Waals surface area contributed by atoms with Gasteiger partial charge in [-0.15, -0.1) is 0 Å². The first kappa shape index (κ1) is 10.7. The van der Waals surface area contributed by atoms with Crippen molar-refractivity contribution in [1.82, 2.24) is 14.8 Å². The van der Waals surface area contributed by atoms with Gasteiger partial charge in [-0.3, -0.25) is 4.90 Å². The molecule has 0 saturated carbocycles. The number of aliphatic hydroxyl groups excluding tert-OH is 1. The van der Waals surface area contributed by atoms with E-state index in [0.717, 1.165) is 31.9 Å². The van der Waals surface area contributed by atoms with Crippen LogP contribution in [0, 0.1) is 0 Å². The van der Waals surface area contributed by atoms with Gasteiger partial charge in [-0.2, -0.15) is 0 Å². The molecular formula is C11H19N3O. The first-order chi connectivity index (χ1) is 7.31. The van der Waals surface area contributed by atoms with E-state index >= 15 is 0 Å². The minimum atomic E-state index is 0.133. The second kappa shape index (κ2) is 4.79. The fourth-order valence-electron chi connectivity index (χ4n) is 2.10. The first-order valence-electron chi connectivity index (χ1n) is 5.48. The van der Waals surface area contributed by atoms with Gasteiger partial charge in [-0.1, -0.05) is 0 Å². The number of rotatable bonds is 3. The van der Waals surface area contributed by atoms with Crippen molar-refractivity contribution in [2.45, 2.75) is 6.04 Å². The second-order valence-corrected chi connectivity index (χ2v) is 4.16. The molecule has 4 nitrogen and oxygen atoms in total. The SMILES string of the molecule is CN1CCN(C(CO)c2ccc[nH]2)CC1. The van der Waals surface area contributed by atoms with E-state index in [9.17, 15) is 5.11 Å². The minimum absolute atomic E-state index is 0.133. The standard InChI is InChI=1S/C11H19N3O/c1-13-5-7-14(8-6-13)11(9-15)10-3-2-4-12-10/h2-4,11-12,15H,5-9H2,1H3. The molecule has 4 heteroatoms. The molecule has 1 aromatic rings. The van der Waals surface area contributed by atoms with Crippen LogP contribution in [0.1, 0.15) is 11.7 Å². The van der Waals surface area contributed by atoms with Crippen LogP contribution < -0.4 is 0 Å². The van der Waals surface area contributed by atoms with E-state index in [1.165, 1.54) is 0 Å². The highest BCUT2D eigenvalue weighted by Crippen LogP contribution is 2.19. The molecule has 2 heterocycles. The molecule has 0 bridgehead atoms. The predicted molar refractivity (Wildman–Crippen MR) is 59.7 cm³/mol. The van der Waals surface area contributed by atoms with Crippen LogP contribution in [0.4, 0.5) is 0 Å². The van der Waals surface area contributed by atoms with Gasteiger partial charge in [0.25, 0.3) is 0 Å². The molecule has 0 amide bonds. The van der Waals surface area contributed by atoms with Crippen LogP contribution in [-0.4, -0.2) is 59.7 Å². The summed E-state index contributed by atoms with van der Waals surface area (Å²) in [6.07, 6.45) is 1.91. The van der Waals surface area contributed by atoms with Crippen molar-refractivity contribution in [3.63, 3.8) is 0 Å². The molecule has 1 fully saturated rings. The van der Waals surface area contributed by atoms with Gasteiger partial charge in [-0.05, 0) is 19.2 Å². The van der Waals surface area contributed by atoms with E-state index < -0.39 is 0 Å². The Morgan fingerprint density at radius 1 is 1.40 bits per heavy atom. The summed E-state index contributed by atoms with van der Waals surface area (Å²) >= 11 is 0. The highest BCUT2D eigenvalue weighted by molar-refractivity contribution is 5.09. The van der Waals surface area contributed by atoms with Crippen molar-refractivity contribution < 1.29 is 5.11 Å². The maximum absolute atomic E-state index is 9.44. The third-order valence-electron chi connectivity index (χ3n) is 3.13. The van der Waals surface area contributed by atoms with Crippen molar-refractivity contribution in [2.24, 2.45) is 0 Å². The highest BCUT2D eigenvalue weighted by Gasteiger charge is 2.23. The molecule has 1 atom stereocenters. The molecule has 15 heavy (non-hydrogen) atoms. The summed E-state index contributed by atoms with van der Waals surface area (Å²) in [6, 6.07) is 4.15.